The fourth-order valence-corrected chi connectivity index (χ4v) is 4.10. The van der Waals surface area contributed by atoms with E-state index in [-0.39, 0.29) is 10.7 Å². The van der Waals surface area contributed by atoms with Crippen LogP contribution in [0, 0.1) is 0 Å². The van der Waals surface area contributed by atoms with E-state index in [1.165, 1.54) is 30.8 Å². The summed E-state index contributed by atoms with van der Waals surface area (Å²) in [5, 5.41) is 2.69. The van der Waals surface area contributed by atoms with Gasteiger partial charge in [0.1, 0.15) is 6.04 Å². The van der Waals surface area contributed by atoms with Crippen molar-refractivity contribution in [3.8, 4) is 0 Å². The number of hydrogen-bond acceptors (Lipinski definition) is 5. The Hall–Kier alpha value is -2.16. The molecule has 0 aliphatic carbocycles. The number of Topliss-reactive ketones (excluding diaryl/α,β-unsaturated/α-hetero) is 1. The van der Waals surface area contributed by atoms with Crippen LogP contribution in [-0.2, 0) is 14.8 Å². The molecule has 6 nitrogen and oxygen atoms in total. The number of carbonyl (C=O) groups excluding carboxylic acids is 2. The van der Waals surface area contributed by atoms with Crippen LogP contribution in [0.4, 0.5) is 5.69 Å². The van der Waals surface area contributed by atoms with E-state index in [0.29, 0.717) is 23.4 Å². The first-order valence-electron chi connectivity index (χ1n) is 8.31. The van der Waals surface area contributed by atoms with E-state index < -0.39 is 22.0 Å². The molecule has 2 rings (SSSR count). The second-order valence-electron chi connectivity index (χ2n) is 5.89. The lowest BCUT2D eigenvalue weighted by Crippen LogP contribution is -2.44. The summed E-state index contributed by atoms with van der Waals surface area (Å²) in [7, 11) is -3.82. The lowest BCUT2D eigenvalue weighted by Gasteiger charge is -2.18. The van der Waals surface area contributed by atoms with Crippen LogP contribution < -0.4 is 10.0 Å². The number of nitrogens with one attached hydrogen (secondary N) is 2. The number of sulfonamides is 1. The predicted molar refractivity (Wildman–Crippen MR) is 109 cm³/mol. The van der Waals surface area contributed by atoms with Gasteiger partial charge in [0, 0.05) is 11.3 Å². The van der Waals surface area contributed by atoms with Gasteiger partial charge in [-0.3, -0.25) is 9.59 Å². The Bertz CT molecular complexity index is 899. The van der Waals surface area contributed by atoms with Gasteiger partial charge in [0.05, 0.1) is 4.90 Å². The highest BCUT2D eigenvalue weighted by Gasteiger charge is 2.25. The molecule has 0 heterocycles. The molecule has 2 N–H and O–H groups in total. The molecule has 0 bridgehead atoms. The maximum atomic E-state index is 12.7. The number of hydrogen-bond donors (Lipinski definition) is 2. The van der Waals surface area contributed by atoms with Crippen LogP contribution in [0.2, 0.25) is 0 Å². The zero-order valence-corrected chi connectivity index (χ0v) is 16.8. The average molecular weight is 407 g/mol. The van der Waals surface area contributed by atoms with E-state index in [9.17, 15) is 18.0 Å². The van der Waals surface area contributed by atoms with Crippen LogP contribution in [-0.4, -0.2) is 38.2 Å². The monoisotopic (exact) mass is 406 g/mol. The Morgan fingerprint density at radius 3 is 2.41 bits per heavy atom. The summed E-state index contributed by atoms with van der Waals surface area (Å²) in [5.74, 6) is 0.0298. The third-order valence-corrected chi connectivity index (χ3v) is 5.95. The van der Waals surface area contributed by atoms with Crippen molar-refractivity contribution in [3.05, 3.63) is 60.2 Å². The summed E-state index contributed by atoms with van der Waals surface area (Å²) in [6.45, 7) is 1.44. The number of amides is 1. The first-order valence-corrected chi connectivity index (χ1v) is 11.2. The number of ketones is 1. The SMILES string of the molecule is CSCC[C@H](NS(=O)(=O)c1ccccc1)C(=O)Nc1cccc(C(C)=O)c1. The van der Waals surface area contributed by atoms with Gasteiger partial charge in [0.2, 0.25) is 15.9 Å². The fraction of sp³-hybridized carbons (Fsp3) is 0.263. The summed E-state index contributed by atoms with van der Waals surface area (Å²) >= 11 is 1.52. The molecular weight excluding hydrogens is 384 g/mol. The van der Waals surface area contributed by atoms with Crippen molar-refractivity contribution in [2.75, 3.05) is 17.3 Å². The summed E-state index contributed by atoms with van der Waals surface area (Å²) in [5.41, 5.74) is 0.916. The second kappa shape index (κ2) is 9.68. The number of thioether (sulfide) groups is 1. The molecule has 27 heavy (non-hydrogen) atoms. The molecular formula is C19H22N2O4S2. The lowest BCUT2D eigenvalue weighted by atomic mass is 10.1. The molecule has 0 fully saturated rings. The summed E-state index contributed by atoms with van der Waals surface area (Å²) in [6.07, 6.45) is 2.22. The third kappa shape index (κ3) is 6.20. The van der Waals surface area contributed by atoms with Crippen LogP contribution in [0.1, 0.15) is 23.7 Å². The average Bonchev–Trinajstić information content (AvgIpc) is 2.66. The van der Waals surface area contributed by atoms with Crippen molar-refractivity contribution >= 4 is 39.2 Å². The van der Waals surface area contributed by atoms with Gasteiger partial charge in [0.15, 0.2) is 5.78 Å². The van der Waals surface area contributed by atoms with Crippen molar-refractivity contribution < 1.29 is 18.0 Å². The van der Waals surface area contributed by atoms with E-state index in [1.807, 2.05) is 6.26 Å². The summed E-state index contributed by atoms with van der Waals surface area (Å²) in [4.78, 5) is 24.3. The van der Waals surface area contributed by atoms with Crippen LogP contribution in [0.25, 0.3) is 0 Å². The fourth-order valence-electron chi connectivity index (χ4n) is 2.38. The van der Waals surface area contributed by atoms with Crippen molar-refractivity contribution in [2.45, 2.75) is 24.3 Å². The van der Waals surface area contributed by atoms with Gasteiger partial charge < -0.3 is 5.32 Å². The number of anilines is 1. The van der Waals surface area contributed by atoms with Crippen molar-refractivity contribution in [1.82, 2.24) is 4.72 Å². The maximum Gasteiger partial charge on any atom is 0.242 e. The number of carbonyl (C=O) groups is 2. The van der Waals surface area contributed by atoms with Gasteiger partial charge in [0.25, 0.3) is 0 Å². The van der Waals surface area contributed by atoms with Gasteiger partial charge in [-0.15, -0.1) is 0 Å². The highest BCUT2D eigenvalue weighted by atomic mass is 32.2. The summed E-state index contributed by atoms with van der Waals surface area (Å²) < 4.78 is 27.6. The molecule has 1 amide bonds. The van der Waals surface area contributed by atoms with Gasteiger partial charge in [-0.2, -0.15) is 16.5 Å². The van der Waals surface area contributed by atoms with Gasteiger partial charge in [-0.05, 0) is 49.6 Å². The van der Waals surface area contributed by atoms with Crippen molar-refractivity contribution in [1.29, 1.82) is 0 Å². The molecule has 0 saturated heterocycles. The minimum Gasteiger partial charge on any atom is -0.325 e. The van der Waals surface area contributed by atoms with Gasteiger partial charge >= 0.3 is 0 Å². The maximum absolute atomic E-state index is 12.7. The van der Waals surface area contributed by atoms with Crippen molar-refractivity contribution in [3.63, 3.8) is 0 Å². The Labute approximate surface area is 163 Å². The molecule has 0 unspecified atom stereocenters. The van der Waals surface area contributed by atoms with Crippen molar-refractivity contribution in [2.24, 2.45) is 0 Å². The Morgan fingerprint density at radius 1 is 1.07 bits per heavy atom. The van der Waals surface area contributed by atoms with E-state index in [4.69, 9.17) is 0 Å². The van der Waals surface area contributed by atoms with Crippen LogP contribution >= 0.6 is 11.8 Å². The number of rotatable bonds is 9. The molecule has 8 heteroatoms. The van der Waals surface area contributed by atoms with Gasteiger partial charge in [-0.1, -0.05) is 30.3 Å². The summed E-state index contributed by atoms with van der Waals surface area (Å²) in [6, 6.07) is 13.5. The lowest BCUT2D eigenvalue weighted by molar-refractivity contribution is -0.117. The molecule has 0 aromatic heterocycles. The van der Waals surface area contributed by atoms with Crippen LogP contribution in [0.15, 0.2) is 59.5 Å². The minimum atomic E-state index is -3.82. The molecule has 0 aliphatic heterocycles. The Kier molecular flexibility index (Phi) is 7.58. The molecule has 0 radical (unpaired) electrons. The van der Waals surface area contributed by atoms with E-state index in [0.717, 1.165) is 0 Å². The normalized spacial score (nSPS) is 12.4. The Morgan fingerprint density at radius 2 is 1.78 bits per heavy atom. The molecule has 144 valence electrons. The first-order chi connectivity index (χ1) is 12.8. The zero-order chi connectivity index (χ0) is 19.9. The molecule has 1 atom stereocenters. The molecule has 0 saturated carbocycles. The highest BCUT2D eigenvalue weighted by Crippen LogP contribution is 2.14. The highest BCUT2D eigenvalue weighted by molar-refractivity contribution is 7.98. The standard InChI is InChI=1S/C19H22N2O4S2/c1-14(22)15-7-6-8-16(13-15)20-19(23)18(11-12-26-2)21-27(24,25)17-9-4-3-5-10-17/h3-10,13,18,21H,11-12H2,1-2H3,(H,20,23)/t18-/m0/s1. The molecule has 2 aromatic carbocycles. The zero-order valence-electron chi connectivity index (χ0n) is 15.1. The van der Waals surface area contributed by atoms with E-state index in [1.54, 1.807) is 42.5 Å². The minimum absolute atomic E-state index is 0.102. The molecule has 0 spiro atoms. The smallest absolute Gasteiger partial charge is 0.242 e. The van der Waals surface area contributed by atoms with Crippen LogP contribution in [0.5, 0.6) is 0 Å². The first kappa shape index (κ1) is 21.1. The van der Waals surface area contributed by atoms with E-state index >= 15 is 0 Å². The van der Waals surface area contributed by atoms with Crippen LogP contribution in [0.3, 0.4) is 0 Å². The second-order valence-corrected chi connectivity index (χ2v) is 8.59. The quantitative estimate of drug-likeness (QED) is 0.625. The Balaban J connectivity index is 2.18. The third-order valence-electron chi connectivity index (χ3n) is 3.81. The largest absolute Gasteiger partial charge is 0.325 e. The number of benzene rings is 2. The predicted octanol–water partition coefficient (Wildman–Crippen LogP) is 2.93. The van der Waals surface area contributed by atoms with Gasteiger partial charge in [-0.25, -0.2) is 8.42 Å². The molecule has 0 aliphatic rings. The molecule has 2 aromatic rings. The topological polar surface area (TPSA) is 92.3 Å². The van der Waals surface area contributed by atoms with E-state index in [2.05, 4.69) is 10.0 Å².